The number of fused-ring (bicyclic) bond motifs is 2. The quantitative estimate of drug-likeness (QED) is 0.244. The zero-order valence-corrected chi connectivity index (χ0v) is 20.8. The van der Waals surface area contributed by atoms with E-state index in [1.165, 1.54) is 12.1 Å². The first-order chi connectivity index (χ1) is 18.4. The van der Waals surface area contributed by atoms with Gasteiger partial charge in [-0.25, -0.2) is 14.4 Å². The third-order valence-corrected chi connectivity index (χ3v) is 6.32. The van der Waals surface area contributed by atoms with Gasteiger partial charge in [0.05, 0.1) is 23.3 Å². The minimum atomic E-state index is -0.278. The van der Waals surface area contributed by atoms with Gasteiger partial charge in [-0.15, -0.1) is 0 Å². The molecule has 3 N–H and O–H groups in total. The molecule has 9 heteroatoms. The smallest absolute Gasteiger partial charge is 0.224 e. The highest BCUT2D eigenvalue weighted by Gasteiger charge is 2.16. The van der Waals surface area contributed by atoms with Crippen LogP contribution >= 0.6 is 0 Å². The largest absolute Gasteiger partial charge is 0.338 e. The summed E-state index contributed by atoms with van der Waals surface area (Å²) < 4.78 is 13.5. The molecule has 5 aromatic heterocycles. The summed E-state index contributed by atoms with van der Waals surface area (Å²) in [7, 11) is 0. The molecule has 0 unspecified atom stereocenters. The number of halogens is 1. The van der Waals surface area contributed by atoms with E-state index in [0.717, 1.165) is 44.4 Å². The van der Waals surface area contributed by atoms with Crippen LogP contribution in [-0.2, 0) is 4.79 Å². The number of hydrogen-bond acceptors (Lipinski definition) is 5. The van der Waals surface area contributed by atoms with Crippen molar-refractivity contribution < 1.29 is 9.18 Å². The number of aromatic amines is 2. The molecular formula is C29H24FN7O. The van der Waals surface area contributed by atoms with Crippen molar-refractivity contribution in [2.75, 3.05) is 5.32 Å². The Kier molecular flexibility index (Phi) is 5.88. The molecule has 0 spiro atoms. The zero-order valence-electron chi connectivity index (χ0n) is 20.8. The van der Waals surface area contributed by atoms with Gasteiger partial charge in [0.2, 0.25) is 5.91 Å². The van der Waals surface area contributed by atoms with Crippen LogP contribution in [0.2, 0.25) is 0 Å². The number of rotatable bonds is 6. The van der Waals surface area contributed by atoms with Crippen molar-refractivity contribution in [3.8, 4) is 33.6 Å². The van der Waals surface area contributed by atoms with E-state index in [9.17, 15) is 9.18 Å². The first-order valence-corrected chi connectivity index (χ1v) is 12.3. The van der Waals surface area contributed by atoms with Crippen LogP contribution in [0.3, 0.4) is 0 Å². The van der Waals surface area contributed by atoms with E-state index in [-0.39, 0.29) is 17.6 Å². The Hall–Kier alpha value is -4.92. The van der Waals surface area contributed by atoms with E-state index < -0.39 is 0 Å². The van der Waals surface area contributed by atoms with E-state index in [1.807, 2.05) is 38.1 Å². The molecular weight excluding hydrogens is 481 g/mol. The molecule has 188 valence electrons. The van der Waals surface area contributed by atoms with Crippen molar-refractivity contribution >= 4 is 33.7 Å². The lowest BCUT2D eigenvalue weighted by Gasteiger charge is -2.08. The standard InChI is InChI=1S/C29H24FN7O/c1-16(2)9-26(38)34-21-10-18(13-31-15-21)19-11-24-27(36-37-29(24)33-14-19)25-12-23-22(7-8-32-28(23)35-25)17-3-5-20(30)6-4-17/h3-8,10-16H,9H2,1-2H3,(H,32,35)(H,34,38)(H,33,36,37). The third-order valence-electron chi connectivity index (χ3n) is 6.32. The van der Waals surface area contributed by atoms with Gasteiger partial charge in [-0.3, -0.25) is 14.9 Å². The lowest BCUT2D eigenvalue weighted by molar-refractivity contribution is -0.116. The van der Waals surface area contributed by atoms with Crippen LogP contribution in [0, 0.1) is 11.7 Å². The molecule has 0 atom stereocenters. The molecule has 5 heterocycles. The van der Waals surface area contributed by atoms with Crippen LogP contribution in [0.1, 0.15) is 20.3 Å². The monoisotopic (exact) mass is 505 g/mol. The maximum atomic E-state index is 13.5. The van der Waals surface area contributed by atoms with Gasteiger partial charge in [0, 0.05) is 46.9 Å². The molecule has 0 aliphatic carbocycles. The average molecular weight is 506 g/mol. The van der Waals surface area contributed by atoms with Crippen molar-refractivity contribution in [1.29, 1.82) is 0 Å². The maximum Gasteiger partial charge on any atom is 0.224 e. The highest BCUT2D eigenvalue weighted by atomic mass is 19.1. The van der Waals surface area contributed by atoms with Crippen molar-refractivity contribution in [2.45, 2.75) is 20.3 Å². The number of carbonyl (C=O) groups is 1. The fourth-order valence-corrected chi connectivity index (χ4v) is 4.55. The lowest BCUT2D eigenvalue weighted by atomic mass is 10.0. The summed E-state index contributed by atoms with van der Waals surface area (Å²) in [6.07, 6.45) is 7.28. The van der Waals surface area contributed by atoms with Gasteiger partial charge < -0.3 is 10.3 Å². The van der Waals surface area contributed by atoms with Crippen molar-refractivity contribution in [1.82, 2.24) is 30.1 Å². The molecule has 0 bridgehead atoms. The lowest BCUT2D eigenvalue weighted by Crippen LogP contribution is -2.13. The second kappa shape index (κ2) is 9.51. The SMILES string of the molecule is CC(C)CC(=O)Nc1cncc(-c2cnc3n[nH]c(-c4cc5c(-c6ccc(F)cc6)ccnc5[nH]4)c3c2)c1. The van der Waals surface area contributed by atoms with E-state index in [2.05, 4.69) is 35.5 Å². The fourth-order valence-electron chi connectivity index (χ4n) is 4.55. The summed E-state index contributed by atoms with van der Waals surface area (Å²) >= 11 is 0. The third kappa shape index (κ3) is 4.50. The molecule has 8 nitrogen and oxygen atoms in total. The van der Waals surface area contributed by atoms with Gasteiger partial charge in [-0.2, -0.15) is 5.10 Å². The number of benzene rings is 1. The molecule has 0 radical (unpaired) electrons. The van der Waals surface area contributed by atoms with Crippen LogP contribution in [0.15, 0.2) is 73.3 Å². The molecule has 38 heavy (non-hydrogen) atoms. The number of amides is 1. The van der Waals surface area contributed by atoms with Gasteiger partial charge in [-0.1, -0.05) is 26.0 Å². The summed E-state index contributed by atoms with van der Waals surface area (Å²) in [6, 6.07) is 14.2. The van der Waals surface area contributed by atoms with Gasteiger partial charge in [0.15, 0.2) is 5.65 Å². The van der Waals surface area contributed by atoms with Gasteiger partial charge in [0.1, 0.15) is 11.5 Å². The number of hydrogen-bond donors (Lipinski definition) is 3. The molecule has 1 amide bonds. The zero-order chi connectivity index (χ0) is 26.2. The molecule has 0 saturated carbocycles. The topological polar surface area (TPSA) is 112 Å². The van der Waals surface area contributed by atoms with Crippen molar-refractivity contribution in [2.24, 2.45) is 5.92 Å². The number of nitrogens with zero attached hydrogens (tertiary/aromatic N) is 4. The Morgan fingerprint density at radius 2 is 1.76 bits per heavy atom. The minimum absolute atomic E-state index is 0.0444. The normalized spacial score (nSPS) is 11.5. The molecule has 0 fully saturated rings. The van der Waals surface area contributed by atoms with E-state index in [0.29, 0.717) is 23.4 Å². The number of carbonyl (C=O) groups excluding carboxylic acids is 1. The Balaban J connectivity index is 1.38. The van der Waals surface area contributed by atoms with Gasteiger partial charge >= 0.3 is 0 Å². The van der Waals surface area contributed by atoms with Crippen molar-refractivity contribution in [3.63, 3.8) is 0 Å². The number of nitrogens with one attached hydrogen (secondary N) is 3. The molecule has 6 aromatic rings. The Labute approximate surface area is 217 Å². The maximum absolute atomic E-state index is 13.5. The Morgan fingerprint density at radius 3 is 2.58 bits per heavy atom. The molecule has 0 aliphatic rings. The number of anilines is 1. The van der Waals surface area contributed by atoms with Crippen LogP contribution in [-0.4, -0.2) is 36.0 Å². The van der Waals surface area contributed by atoms with Crippen LogP contribution < -0.4 is 5.32 Å². The molecule has 0 saturated heterocycles. The first-order valence-electron chi connectivity index (χ1n) is 12.3. The number of aromatic nitrogens is 6. The van der Waals surface area contributed by atoms with Crippen LogP contribution in [0.5, 0.6) is 0 Å². The van der Waals surface area contributed by atoms with E-state index >= 15 is 0 Å². The summed E-state index contributed by atoms with van der Waals surface area (Å²) in [5.74, 6) is -0.0549. The average Bonchev–Trinajstić information content (AvgIpc) is 3.52. The summed E-state index contributed by atoms with van der Waals surface area (Å²) in [4.78, 5) is 28.9. The van der Waals surface area contributed by atoms with E-state index in [1.54, 1.807) is 36.9 Å². The molecule has 6 rings (SSSR count). The van der Waals surface area contributed by atoms with Gasteiger partial charge in [0.25, 0.3) is 0 Å². The van der Waals surface area contributed by atoms with E-state index in [4.69, 9.17) is 0 Å². The number of pyridine rings is 3. The highest BCUT2D eigenvalue weighted by Crippen LogP contribution is 2.34. The predicted molar refractivity (Wildman–Crippen MR) is 146 cm³/mol. The summed E-state index contributed by atoms with van der Waals surface area (Å²) in [5.41, 5.74) is 7.00. The second-order valence-electron chi connectivity index (χ2n) is 9.61. The number of H-pyrrole nitrogens is 2. The second-order valence-corrected chi connectivity index (χ2v) is 9.61. The molecule has 0 aliphatic heterocycles. The Morgan fingerprint density at radius 1 is 0.947 bits per heavy atom. The summed E-state index contributed by atoms with van der Waals surface area (Å²) in [6.45, 7) is 4.01. The van der Waals surface area contributed by atoms with Gasteiger partial charge in [-0.05, 0) is 53.4 Å². The summed E-state index contributed by atoms with van der Waals surface area (Å²) in [5, 5.41) is 12.1. The molecule has 1 aromatic carbocycles. The predicted octanol–water partition coefficient (Wildman–Crippen LogP) is 6.35. The van der Waals surface area contributed by atoms with Crippen LogP contribution in [0.4, 0.5) is 10.1 Å². The Bertz CT molecular complexity index is 1790. The van der Waals surface area contributed by atoms with Crippen LogP contribution in [0.25, 0.3) is 55.7 Å². The fraction of sp³-hybridized carbons (Fsp3) is 0.138. The van der Waals surface area contributed by atoms with Crippen molar-refractivity contribution in [3.05, 3.63) is 79.1 Å². The minimum Gasteiger partial charge on any atom is -0.338 e. The first kappa shape index (κ1) is 23.5. The highest BCUT2D eigenvalue weighted by molar-refractivity contribution is 6.00.